The summed E-state index contributed by atoms with van der Waals surface area (Å²) in [7, 11) is 0. The number of benzene rings is 1. The molecule has 0 aliphatic rings. The quantitative estimate of drug-likeness (QED) is 0.754. The fourth-order valence-electron chi connectivity index (χ4n) is 2.35. The maximum atomic E-state index is 11.4. The van der Waals surface area contributed by atoms with Crippen LogP contribution in [0, 0.1) is 0 Å². The molecule has 0 amide bonds. The standard InChI is InChI=1S/C17H18BrNO2/c18-15-9-7-14(8-10-15)16(17(20)21)6-2-1-4-13-5-3-11-19-12-13/h3,5,7-12,16H,1-2,4,6H2,(H,20,21). The number of aliphatic carboxylic acids is 1. The third-order valence-electron chi connectivity index (χ3n) is 3.50. The fraction of sp³-hybridized carbons (Fsp3) is 0.294. The number of aryl methyl sites for hydroxylation is 1. The van der Waals surface area contributed by atoms with E-state index in [0.717, 1.165) is 29.3 Å². The number of nitrogens with zero attached hydrogens (tertiary/aromatic N) is 1. The highest BCUT2D eigenvalue weighted by molar-refractivity contribution is 9.10. The first-order valence-corrected chi connectivity index (χ1v) is 7.83. The molecule has 1 unspecified atom stereocenters. The van der Waals surface area contributed by atoms with Crippen LogP contribution in [0.1, 0.15) is 36.3 Å². The number of carbonyl (C=O) groups is 1. The monoisotopic (exact) mass is 347 g/mol. The van der Waals surface area contributed by atoms with Crippen LogP contribution in [0.4, 0.5) is 0 Å². The first-order chi connectivity index (χ1) is 10.2. The molecule has 1 heterocycles. The van der Waals surface area contributed by atoms with Gasteiger partial charge < -0.3 is 5.11 Å². The molecule has 0 saturated carbocycles. The lowest BCUT2D eigenvalue weighted by atomic mass is 9.93. The predicted molar refractivity (Wildman–Crippen MR) is 86.3 cm³/mol. The smallest absolute Gasteiger partial charge is 0.310 e. The van der Waals surface area contributed by atoms with Crippen molar-refractivity contribution in [2.45, 2.75) is 31.6 Å². The van der Waals surface area contributed by atoms with E-state index in [9.17, 15) is 9.90 Å². The second-order valence-corrected chi connectivity index (χ2v) is 5.97. The van der Waals surface area contributed by atoms with E-state index in [1.165, 1.54) is 5.56 Å². The first-order valence-electron chi connectivity index (χ1n) is 7.04. The van der Waals surface area contributed by atoms with E-state index in [4.69, 9.17) is 0 Å². The zero-order valence-corrected chi connectivity index (χ0v) is 13.3. The molecule has 0 saturated heterocycles. The summed E-state index contributed by atoms with van der Waals surface area (Å²) in [5, 5.41) is 9.39. The molecular formula is C17H18BrNO2. The van der Waals surface area contributed by atoms with Crippen molar-refractivity contribution in [3.63, 3.8) is 0 Å². The van der Waals surface area contributed by atoms with Gasteiger partial charge in [0.1, 0.15) is 0 Å². The lowest BCUT2D eigenvalue weighted by Crippen LogP contribution is -2.11. The molecule has 0 aliphatic heterocycles. The van der Waals surface area contributed by atoms with Crippen LogP contribution in [-0.2, 0) is 11.2 Å². The second-order valence-electron chi connectivity index (χ2n) is 5.05. The molecule has 21 heavy (non-hydrogen) atoms. The van der Waals surface area contributed by atoms with Crippen LogP contribution in [0.15, 0.2) is 53.3 Å². The summed E-state index contributed by atoms with van der Waals surface area (Å²) in [4.78, 5) is 15.5. The molecule has 0 bridgehead atoms. The van der Waals surface area contributed by atoms with Crippen molar-refractivity contribution in [3.8, 4) is 0 Å². The summed E-state index contributed by atoms with van der Waals surface area (Å²) in [6, 6.07) is 11.5. The molecule has 1 aromatic carbocycles. The molecule has 2 aromatic rings. The maximum absolute atomic E-state index is 11.4. The van der Waals surface area contributed by atoms with E-state index < -0.39 is 11.9 Å². The van der Waals surface area contributed by atoms with Gasteiger partial charge in [-0.05, 0) is 48.6 Å². The van der Waals surface area contributed by atoms with Crippen LogP contribution < -0.4 is 0 Å². The van der Waals surface area contributed by atoms with E-state index in [0.29, 0.717) is 6.42 Å². The summed E-state index contributed by atoms with van der Waals surface area (Å²) in [5.74, 6) is -1.18. The van der Waals surface area contributed by atoms with Crippen LogP contribution in [-0.4, -0.2) is 16.1 Å². The number of carboxylic acids is 1. The lowest BCUT2D eigenvalue weighted by molar-refractivity contribution is -0.139. The molecule has 4 heteroatoms. The minimum Gasteiger partial charge on any atom is -0.481 e. The SMILES string of the molecule is O=C(O)C(CCCCc1cccnc1)c1ccc(Br)cc1. The molecule has 1 aromatic heterocycles. The molecule has 1 atom stereocenters. The maximum Gasteiger partial charge on any atom is 0.310 e. The summed E-state index contributed by atoms with van der Waals surface area (Å²) < 4.78 is 0.965. The third kappa shape index (κ3) is 4.97. The molecule has 3 nitrogen and oxygen atoms in total. The van der Waals surface area contributed by atoms with Crippen molar-refractivity contribution in [2.24, 2.45) is 0 Å². The summed E-state index contributed by atoms with van der Waals surface area (Å²) >= 11 is 3.37. The summed E-state index contributed by atoms with van der Waals surface area (Å²) in [6.07, 6.45) is 7.10. The van der Waals surface area contributed by atoms with Gasteiger partial charge in [-0.25, -0.2) is 0 Å². The van der Waals surface area contributed by atoms with Crippen molar-refractivity contribution >= 4 is 21.9 Å². The highest BCUT2D eigenvalue weighted by Crippen LogP contribution is 2.24. The average molecular weight is 348 g/mol. The number of hydrogen-bond donors (Lipinski definition) is 1. The summed E-state index contributed by atoms with van der Waals surface area (Å²) in [5.41, 5.74) is 2.07. The highest BCUT2D eigenvalue weighted by atomic mass is 79.9. The van der Waals surface area contributed by atoms with Gasteiger partial charge in [0.2, 0.25) is 0 Å². The van der Waals surface area contributed by atoms with E-state index in [2.05, 4.69) is 27.0 Å². The Morgan fingerprint density at radius 2 is 1.95 bits per heavy atom. The topological polar surface area (TPSA) is 50.2 Å². The van der Waals surface area contributed by atoms with Gasteiger partial charge in [0.05, 0.1) is 5.92 Å². The minimum atomic E-state index is -0.751. The first kappa shape index (κ1) is 15.7. The van der Waals surface area contributed by atoms with E-state index in [-0.39, 0.29) is 0 Å². The highest BCUT2D eigenvalue weighted by Gasteiger charge is 2.19. The van der Waals surface area contributed by atoms with Gasteiger partial charge in [-0.2, -0.15) is 0 Å². The Balaban J connectivity index is 1.86. The Hall–Kier alpha value is -1.68. The molecular weight excluding hydrogens is 330 g/mol. The van der Waals surface area contributed by atoms with Crippen LogP contribution in [0.3, 0.4) is 0 Å². The molecule has 1 N–H and O–H groups in total. The van der Waals surface area contributed by atoms with Crippen LogP contribution in [0.5, 0.6) is 0 Å². The predicted octanol–water partition coefficient (Wildman–Crippen LogP) is 4.43. The van der Waals surface area contributed by atoms with Gasteiger partial charge in [-0.1, -0.05) is 40.5 Å². The second kappa shape index (κ2) is 7.93. The number of rotatable bonds is 7. The van der Waals surface area contributed by atoms with Gasteiger partial charge in [0.15, 0.2) is 0 Å². The number of carboxylic acid groups (broad SMARTS) is 1. The molecule has 2 rings (SSSR count). The average Bonchev–Trinajstić information content (AvgIpc) is 2.49. The zero-order chi connectivity index (χ0) is 15.1. The molecule has 0 radical (unpaired) electrons. The molecule has 0 spiro atoms. The third-order valence-corrected chi connectivity index (χ3v) is 4.03. The van der Waals surface area contributed by atoms with Crippen LogP contribution in [0.2, 0.25) is 0 Å². The fourth-order valence-corrected chi connectivity index (χ4v) is 2.62. The van der Waals surface area contributed by atoms with E-state index in [1.54, 1.807) is 6.20 Å². The van der Waals surface area contributed by atoms with Crippen LogP contribution in [0.25, 0.3) is 0 Å². The van der Waals surface area contributed by atoms with Crippen molar-refractivity contribution in [1.82, 2.24) is 4.98 Å². The Labute approximate surface area is 133 Å². The number of unbranched alkanes of at least 4 members (excludes halogenated alkanes) is 1. The van der Waals surface area contributed by atoms with Gasteiger partial charge in [0.25, 0.3) is 0 Å². The van der Waals surface area contributed by atoms with Gasteiger partial charge in [-0.3, -0.25) is 9.78 Å². The normalized spacial score (nSPS) is 12.0. The number of pyridine rings is 1. The molecule has 0 fully saturated rings. The van der Waals surface area contributed by atoms with Crippen molar-refractivity contribution in [1.29, 1.82) is 0 Å². The van der Waals surface area contributed by atoms with Gasteiger partial charge in [-0.15, -0.1) is 0 Å². The van der Waals surface area contributed by atoms with Gasteiger partial charge in [0, 0.05) is 16.9 Å². The summed E-state index contributed by atoms with van der Waals surface area (Å²) in [6.45, 7) is 0. The Morgan fingerprint density at radius 1 is 1.19 bits per heavy atom. The number of hydrogen-bond acceptors (Lipinski definition) is 2. The largest absolute Gasteiger partial charge is 0.481 e. The van der Waals surface area contributed by atoms with Crippen molar-refractivity contribution in [2.75, 3.05) is 0 Å². The van der Waals surface area contributed by atoms with Crippen molar-refractivity contribution in [3.05, 3.63) is 64.4 Å². The number of aromatic nitrogens is 1. The van der Waals surface area contributed by atoms with E-state index in [1.807, 2.05) is 36.5 Å². The Bertz CT molecular complexity index is 569. The van der Waals surface area contributed by atoms with Crippen LogP contribution >= 0.6 is 15.9 Å². The zero-order valence-electron chi connectivity index (χ0n) is 11.7. The molecule has 0 aliphatic carbocycles. The lowest BCUT2D eigenvalue weighted by Gasteiger charge is -2.12. The Morgan fingerprint density at radius 3 is 2.57 bits per heavy atom. The van der Waals surface area contributed by atoms with Crippen molar-refractivity contribution < 1.29 is 9.90 Å². The van der Waals surface area contributed by atoms with E-state index >= 15 is 0 Å². The Kier molecular flexibility index (Phi) is 5.93. The molecule has 110 valence electrons. The minimum absolute atomic E-state index is 0.424. The number of halogens is 1. The van der Waals surface area contributed by atoms with Gasteiger partial charge >= 0.3 is 5.97 Å².